The lowest BCUT2D eigenvalue weighted by atomic mass is 10.1. The first-order valence-electron chi connectivity index (χ1n) is 9.43. The lowest BCUT2D eigenvalue weighted by Crippen LogP contribution is -2.45. The number of benzene rings is 2. The van der Waals surface area contributed by atoms with E-state index in [9.17, 15) is 9.59 Å². The summed E-state index contributed by atoms with van der Waals surface area (Å²) in [5, 5.41) is 2.70. The minimum Gasteiger partial charge on any atom is -0.496 e. The molecule has 0 saturated heterocycles. The van der Waals surface area contributed by atoms with Gasteiger partial charge in [0.05, 0.1) is 23.8 Å². The maximum absolute atomic E-state index is 13.2. The second-order valence-electron chi connectivity index (χ2n) is 6.57. The molecular formula is C22H23BrN2O6. The van der Waals surface area contributed by atoms with Crippen LogP contribution in [0.2, 0.25) is 0 Å². The molecule has 0 unspecified atom stereocenters. The summed E-state index contributed by atoms with van der Waals surface area (Å²) in [5.41, 5.74) is 1.26. The molecule has 2 aromatic carbocycles. The molecule has 164 valence electrons. The Morgan fingerprint density at radius 1 is 1.19 bits per heavy atom. The van der Waals surface area contributed by atoms with E-state index in [1.165, 1.54) is 19.1 Å². The fourth-order valence-electron chi connectivity index (χ4n) is 3.00. The molecule has 8 nitrogen and oxygen atoms in total. The van der Waals surface area contributed by atoms with Crippen LogP contribution in [0.15, 0.2) is 52.7 Å². The first kappa shape index (κ1) is 22.8. The molecule has 0 aliphatic carbocycles. The van der Waals surface area contributed by atoms with E-state index in [4.69, 9.17) is 18.9 Å². The maximum Gasteiger partial charge on any atom is 0.294 e. The van der Waals surface area contributed by atoms with Gasteiger partial charge in [0.1, 0.15) is 12.3 Å². The van der Waals surface area contributed by atoms with Gasteiger partial charge in [-0.2, -0.15) is 0 Å². The molecule has 2 amide bonds. The third-order valence-electron chi connectivity index (χ3n) is 4.60. The third kappa shape index (κ3) is 5.43. The van der Waals surface area contributed by atoms with Crippen molar-refractivity contribution < 1.29 is 28.5 Å². The first-order valence-corrected chi connectivity index (χ1v) is 10.2. The van der Waals surface area contributed by atoms with Crippen molar-refractivity contribution in [3.63, 3.8) is 0 Å². The quantitative estimate of drug-likeness (QED) is 0.452. The SMILES string of the molecule is COc1ccc(/C=C2\Oc3ccccc3N(CC(=O)NCC(OC)OC)C2=O)cc1Br. The van der Waals surface area contributed by atoms with Gasteiger partial charge in [-0.05, 0) is 51.8 Å². The van der Waals surface area contributed by atoms with Crippen LogP contribution in [-0.2, 0) is 19.1 Å². The summed E-state index contributed by atoms with van der Waals surface area (Å²) in [6.07, 6.45) is 1.06. The summed E-state index contributed by atoms with van der Waals surface area (Å²) in [6, 6.07) is 12.5. The Balaban J connectivity index is 1.84. The average molecular weight is 491 g/mol. The Morgan fingerprint density at radius 2 is 1.94 bits per heavy atom. The number of nitrogens with zero attached hydrogens (tertiary/aromatic N) is 1. The molecule has 0 atom stereocenters. The van der Waals surface area contributed by atoms with E-state index in [-0.39, 0.29) is 24.8 Å². The molecule has 2 aromatic rings. The van der Waals surface area contributed by atoms with Gasteiger partial charge in [-0.3, -0.25) is 14.5 Å². The Labute approximate surface area is 188 Å². The molecule has 0 bridgehead atoms. The predicted molar refractivity (Wildman–Crippen MR) is 119 cm³/mol. The molecule has 31 heavy (non-hydrogen) atoms. The molecule has 0 radical (unpaired) electrons. The van der Waals surface area contributed by atoms with Crippen LogP contribution >= 0.6 is 15.9 Å². The van der Waals surface area contributed by atoms with E-state index in [1.54, 1.807) is 49.6 Å². The number of para-hydroxylation sites is 2. The number of ether oxygens (including phenoxy) is 4. The second kappa shape index (κ2) is 10.4. The Kier molecular flexibility index (Phi) is 7.67. The van der Waals surface area contributed by atoms with Crippen LogP contribution in [0.3, 0.4) is 0 Å². The number of anilines is 1. The number of rotatable bonds is 8. The summed E-state index contributed by atoms with van der Waals surface area (Å²) in [6.45, 7) is -0.0163. The highest BCUT2D eigenvalue weighted by Crippen LogP contribution is 2.36. The lowest BCUT2D eigenvalue weighted by Gasteiger charge is -2.30. The molecule has 1 aliphatic heterocycles. The third-order valence-corrected chi connectivity index (χ3v) is 5.22. The zero-order valence-corrected chi connectivity index (χ0v) is 19.0. The standard InChI is InChI=1S/C22H23BrN2O6/c1-28-17-9-8-14(10-15(17)23)11-19-22(27)25(16-6-4-5-7-18(16)31-19)13-20(26)24-12-21(29-2)30-3/h4-11,21H,12-13H2,1-3H3,(H,24,26)/b19-11-. The molecular weight excluding hydrogens is 468 g/mol. The van der Waals surface area contributed by atoms with Crippen molar-refractivity contribution in [1.29, 1.82) is 0 Å². The molecule has 0 fully saturated rings. The summed E-state index contributed by atoms with van der Waals surface area (Å²) in [5.74, 6) is 0.495. The number of carbonyl (C=O) groups excluding carboxylic acids is 2. The normalized spacial score (nSPS) is 14.4. The summed E-state index contributed by atoms with van der Waals surface area (Å²) >= 11 is 3.43. The van der Waals surface area contributed by atoms with Crippen molar-refractivity contribution >= 4 is 39.5 Å². The number of halogens is 1. The molecule has 0 spiro atoms. The molecule has 3 rings (SSSR count). The number of amides is 2. The van der Waals surface area contributed by atoms with Crippen LogP contribution in [0.25, 0.3) is 6.08 Å². The zero-order valence-electron chi connectivity index (χ0n) is 17.4. The highest BCUT2D eigenvalue weighted by atomic mass is 79.9. The van der Waals surface area contributed by atoms with Gasteiger partial charge in [0.2, 0.25) is 5.91 Å². The smallest absolute Gasteiger partial charge is 0.294 e. The zero-order chi connectivity index (χ0) is 22.4. The van der Waals surface area contributed by atoms with Crippen LogP contribution < -0.4 is 19.7 Å². The van der Waals surface area contributed by atoms with E-state index in [1.807, 2.05) is 6.07 Å². The highest BCUT2D eigenvalue weighted by molar-refractivity contribution is 9.10. The number of hydrogen-bond donors (Lipinski definition) is 1. The second-order valence-corrected chi connectivity index (χ2v) is 7.42. The molecule has 1 heterocycles. The van der Waals surface area contributed by atoms with Crippen molar-refractivity contribution in [3.8, 4) is 11.5 Å². The van der Waals surface area contributed by atoms with Crippen LogP contribution in [-0.4, -0.2) is 52.5 Å². The first-order chi connectivity index (χ1) is 15.0. The fourth-order valence-corrected chi connectivity index (χ4v) is 3.56. The molecule has 1 N–H and O–H groups in total. The van der Waals surface area contributed by atoms with Crippen LogP contribution in [0.4, 0.5) is 5.69 Å². The van der Waals surface area contributed by atoms with E-state index in [2.05, 4.69) is 21.2 Å². The van der Waals surface area contributed by atoms with Gasteiger partial charge < -0.3 is 24.3 Å². The van der Waals surface area contributed by atoms with Crippen LogP contribution in [0.5, 0.6) is 11.5 Å². The summed E-state index contributed by atoms with van der Waals surface area (Å²) in [7, 11) is 4.54. The van der Waals surface area contributed by atoms with Gasteiger partial charge in [-0.25, -0.2) is 0 Å². The summed E-state index contributed by atoms with van der Waals surface area (Å²) in [4.78, 5) is 27.0. The van der Waals surface area contributed by atoms with E-state index in [0.717, 1.165) is 10.0 Å². The molecule has 0 saturated carbocycles. The van der Waals surface area contributed by atoms with E-state index < -0.39 is 12.2 Å². The van der Waals surface area contributed by atoms with E-state index >= 15 is 0 Å². The van der Waals surface area contributed by atoms with Crippen LogP contribution in [0, 0.1) is 0 Å². The minimum absolute atomic E-state index is 0.107. The van der Waals surface area contributed by atoms with Crippen molar-refractivity contribution in [1.82, 2.24) is 5.32 Å². The van der Waals surface area contributed by atoms with Crippen molar-refractivity contribution in [2.24, 2.45) is 0 Å². The van der Waals surface area contributed by atoms with Gasteiger partial charge in [0.15, 0.2) is 17.8 Å². The Morgan fingerprint density at radius 3 is 2.61 bits per heavy atom. The van der Waals surface area contributed by atoms with E-state index in [0.29, 0.717) is 17.2 Å². The number of fused-ring (bicyclic) bond motifs is 1. The molecule has 0 aromatic heterocycles. The maximum atomic E-state index is 13.2. The van der Waals surface area contributed by atoms with Gasteiger partial charge in [-0.1, -0.05) is 18.2 Å². The molecule has 9 heteroatoms. The fraction of sp³-hybridized carbons (Fsp3) is 0.273. The monoisotopic (exact) mass is 490 g/mol. The van der Waals surface area contributed by atoms with Gasteiger partial charge >= 0.3 is 0 Å². The lowest BCUT2D eigenvalue weighted by molar-refractivity contribution is -0.127. The molecule has 1 aliphatic rings. The Bertz CT molecular complexity index is 990. The number of carbonyl (C=O) groups is 2. The Hall–Kier alpha value is -2.88. The van der Waals surface area contributed by atoms with Crippen molar-refractivity contribution in [2.75, 3.05) is 39.3 Å². The topological polar surface area (TPSA) is 86.3 Å². The van der Waals surface area contributed by atoms with Crippen molar-refractivity contribution in [3.05, 3.63) is 58.3 Å². The number of methoxy groups -OCH3 is 3. The van der Waals surface area contributed by atoms with Gasteiger partial charge in [0.25, 0.3) is 5.91 Å². The van der Waals surface area contributed by atoms with Crippen molar-refractivity contribution in [2.45, 2.75) is 6.29 Å². The predicted octanol–water partition coefficient (Wildman–Crippen LogP) is 2.96. The minimum atomic E-state index is -0.569. The number of nitrogens with one attached hydrogen (secondary N) is 1. The van der Waals surface area contributed by atoms with Gasteiger partial charge in [-0.15, -0.1) is 0 Å². The highest BCUT2D eigenvalue weighted by Gasteiger charge is 2.31. The largest absolute Gasteiger partial charge is 0.496 e. The number of hydrogen-bond acceptors (Lipinski definition) is 6. The summed E-state index contributed by atoms with van der Waals surface area (Å²) < 4.78 is 22.0. The average Bonchev–Trinajstić information content (AvgIpc) is 2.77. The van der Waals surface area contributed by atoms with Gasteiger partial charge in [0, 0.05) is 14.2 Å². The van der Waals surface area contributed by atoms with Crippen LogP contribution in [0.1, 0.15) is 5.56 Å².